The molecule has 96 valence electrons. The molecule has 2 N–H and O–H groups in total. The number of hydrogen-bond donors (Lipinski definition) is 2. The molecule has 1 aliphatic heterocycles. The Hall–Kier alpha value is -0.140. The summed E-state index contributed by atoms with van der Waals surface area (Å²) < 4.78 is 1.86. The minimum atomic E-state index is 0. The zero-order valence-electron chi connectivity index (χ0n) is 9.46. The highest BCUT2D eigenvalue weighted by atomic mass is 127. The van der Waals surface area contributed by atoms with E-state index in [1.54, 1.807) is 0 Å². The number of halogens is 3. The number of rotatable bonds is 2. The fourth-order valence-corrected chi connectivity index (χ4v) is 2.00. The zero-order valence-corrected chi connectivity index (χ0v) is 13.3. The van der Waals surface area contributed by atoms with Gasteiger partial charge in [0, 0.05) is 25.8 Å². The molecule has 1 aromatic rings. The van der Waals surface area contributed by atoms with Gasteiger partial charge in [-0.1, -0.05) is 23.2 Å². The molecule has 1 aliphatic rings. The molecule has 0 aliphatic carbocycles. The molecule has 4 nitrogen and oxygen atoms in total. The molecule has 0 bridgehead atoms. The largest absolute Gasteiger partial charge is 0.356 e. The molecule has 0 fully saturated rings. The first-order chi connectivity index (χ1) is 7.68. The third-order valence-electron chi connectivity index (χ3n) is 2.55. The molecule has 2 heterocycles. The van der Waals surface area contributed by atoms with Gasteiger partial charge in [0.1, 0.15) is 5.15 Å². The monoisotopic (exact) mass is 388 g/mol. The fraction of sp³-hybridized carbons (Fsp3) is 0.500. The topological polar surface area (TPSA) is 41.4 Å². The summed E-state index contributed by atoms with van der Waals surface area (Å²) in [5, 5.41) is 7.56. The second-order valence-electron chi connectivity index (χ2n) is 3.70. The fourth-order valence-electron chi connectivity index (χ4n) is 1.58. The number of hydrogen-bond acceptors (Lipinski definition) is 3. The summed E-state index contributed by atoms with van der Waals surface area (Å²) >= 11 is 11.9. The quantitative estimate of drug-likeness (QED) is 0.764. The van der Waals surface area contributed by atoms with Crippen molar-refractivity contribution < 1.29 is 0 Å². The van der Waals surface area contributed by atoms with Crippen molar-refractivity contribution >= 4 is 53.1 Å². The van der Waals surface area contributed by atoms with Crippen LogP contribution in [0, 0.1) is 0 Å². The highest BCUT2D eigenvalue weighted by Gasteiger charge is 2.09. The van der Waals surface area contributed by atoms with Crippen LogP contribution in [0.25, 0.3) is 0 Å². The van der Waals surface area contributed by atoms with Gasteiger partial charge < -0.3 is 15.2 Å². The smallest absolute Gasteiger partial charge is 0.191 e. The van der Waals surface area contributed by atoms with Crippen LogP contribution in [-0.2, 0) is 13.6 Å². The summed E-state index contributed by atoms with van der Waals surface area (Å²) in [6.45, 7) is 2.51. The SMILES string of the molecule is Cn1c(CNC2=NCCCN2)cc(Cl)c1Cl.I. The maximum absolute atomic E-state index is 5.98. The molecule has 0 saturated carbocycles. The van der Waals surface area contributed by atoms with Crippen molar-refractivity contribution in [1.29, 1.82) is 0 Å². The second-order valence-corrected chi connectivity index (χ2v) is 4.46. The molecular formula is C10H15Cl2IN4. The molecule has 17 heavy (non-hydrogen) atoms. The van der Waals surface area contributed by atoms with E-state index in [1.165, 1.54) is 0 Å². The third kappa shape index (κ3) is 3.66. The Balaban J connectivity index is 0.00000144. The molecule has 0 aromatic carbocycles. The molecule has 0 amide bonds. The lowest BCUT2D eigenvalue weighted by molar-refractivity contribution is 0.689. The van der Waals surface area contributed by atoms with Gasteiger partial charge in [-0.05, 0) is 12.5 Å². The molecule has 2 rings (SSSR count). The van der Waals surface area contributed by atoms with Gasteiger partial charge in [0.25, 0.3) is 0 Å². The Kier molecular flexibility index (Phi) is 5.88. The van der Waals surface area contributed by atoms with Crippen molar-refractivity contribution in [3.63, 3.8) is 0 Å². The number of guanidine groups is 1. The lowest BCUT2D eigenvalue weighted by Gasteiger charge is -2.16. The summed E-state index contributed by atoms with van der Waals surface area (Å²) in [7, 11) is 1.89. The van der Waals surface area contributed by atoms with Gasteiger partial charge in [-0.3, -0.25) is 4.99 Å². The molecule has 0 saturated heterocycles. The van der Waals surface area contributed by atoms with Gasteiger partial charge >= 0.3 is 0 Å². The Morgan fingerprint density at radius 3 is 2.82 bits per heavy atom. The Morgan fingerprint density at radius 2 is 2.29 bits per heavy atom. The first-order valence-electron chi connectivity index (χ1n) is 5.20. The van der Waals surface area contributed by atoms with Crippen LogP contribution in [0.15, 0.2) is 11.1 Å². The predicted molar refractivity (Wildman–Crippen MR) is 82.6 cm³/mol. The predicted octanol–water partition coefficient (Wildman–Crippen LogP) is 2.39. The van der Waals surface area contributed by atoms with E-state index in [-0.39, 0.29) is 24.0 Å². The van der Waals surface area contributed by atoms with E-state index in [1.807, 2.05) is 17.7 Å². The van der Waals surface area contributed by atoms with Crippen LogP contribution in [-0.4, -0.2) is 23.6 Å². The summed E-state index contributed by atoms with van der Waals surface area (Å²) in [5.41, 5.74) is 1.03. The summed E-state index contributed by atoms with van der Waals surface area (Å²) in [6.07, 6.45) is 1.09. The Morgan fingerprint density at radius 1 is 1.53 bits per heavy atom. The number of aromatic nitrogens is 1. The maximum Gasteiger partial charge on any atom is 0.191 e. The van der Waals surface area contributed by atoms with E-state index in [9.17, 15) is 0 Å². The molecule has 0 radical (unpaired) electrons. The highest BCUT2D eigenvalue weighted by molar-refractivity contribution is 14.0. The van der Waals surface area contributed by atoms with Crippen LogP contribution in [0.3, 0.4) is 0 Å². The van der Waals surface area contributed by atoms with Gasteiger partial charge in [-0.15, -0.1) is 24.0 Å². The number of nitrogens with zero attached hydrogens (tertiary/aromatic N) is 2. The highest BCUT2D eigenvalue weighted by Crippen LogP contribution is 2.24. The minimum absolute atomic E-state index is 0. The molecule has 1 aromatic heterocycles. The molecular weight excluding hydrogens is 374 g/mol. The lowest BCUT2D eigenvalue weighted by Crippen LogP contribution is -2.40. The van der Waals surface area contributed by atoms with Gasteiger partial charge in [0.2, 0.25) is 0 Å². The van der Waals surface area contributed by atoms with Gasteiger partial charge in [-0.25, -0.2) is 0 Å². The Bertz CT molecular complexity index is 417. The van der Waals surface area contributed by atoms with Gasteiger partial charge in [0.05, 0.1) is 11.6 Å². The molecule has 0 atom stereocenters. The summed E-state index contributed by atoms with van der Waals surface area (Å²) in [6, 6.07) is 1.86. The van der Waals surface area contributed by atoms with E-state index in [0.29, 0.717) is 16.7 Å². The minimum Gasteiger partial charge on any atom is -0.356 e. The zero-order chi connectivity index (χ0) is 11.5. The second kappa shape index (κ2) is 6.70. The van der Waals surface area contributed by atoms with E-state index >= 15 is 0 Å². The van der Waals surface area contributed by atoms with Crippen molar-refractivity contribution in [3.8, 4) is 0 Å². The van der Waals surface area contributed by atoms with Crippen molar-refractivity contribution in [1.82, 2.24) is 15.2 Å². The van der Waals surface area contributed by atoms with Crippen LogP contribution in [0.5, 0.6) is 0 Å². The van der Waals surface area contributed by atoms with Crippen molar-refractivity contribution in [2.24, 2.45) is 12.0 Å². The van der Waals surface area contributed by atoms with Crippen molar-refractivity contribution in [2.75, 3.05) is 13.1 Å². The molecule has 7 heteroatoms. The van der Waals surface area contributed by atoms with Crippen LogP contribution in [0.4, 0.5) is 0 Å². The van der Waals surface area contributed by atoms with Crippen LogP contribution in [0.2, 0.25) is 10.2 Å². The average Bonchev–Trinajstić information content (AvgIpc) is 2.56. The van der Waals surface area contributed by atoms with Gasteiger partial charge in [-0.2, -0.15) is 0 Å². The van der Waals surface area contributed by atoms with Crippen LogP contribution >= 0.6 is 47.2 Å². The molecule has 0 spiro atoms. The van der Waals surface area contributed by atoms with Crippen LogP contribution < -0.4 is 10.6 Å². The first-order valence-corrected chi connectivity index (χ1v) is 5.96. The standard InChI is InChI=1S/C10H14Cl2N4.HI/c1-16-7(5-8(11)9(16)12)6-15-10-13-3-2-4-14-10;/h5H,2-4,6H2,1H3,(H2,13,14,15);1H. The summed E-state index contributed by atoms with van der Waals surface area (Å²) in [4.78, 5) is 4.32. The van der Waals surface area contributed by atoms with Crippen molar-refractivity contribution in [3.05, 3.63) is 21.9 Å². The maximum atomic E-state index is 5.98. The summed E-state index contributed by atoms with van der Waals surface area (Å²) in [5.74, 6) is 0.847. The number of aliphatic imine (C=N–C) groups is 1. The van der Waals surface area contributed by atoms with E-state index in [2.05, 4.69) is 15.6 Å². The van der Waals surface area contributed by atoms with E-state index < -0.39 is 0 Å². The normalized spacial score (nSPS) is 14.6. The van der Waals surface area contributed by atoms with Crippen molar-refractivity contribution in [2.45, 2.75) is 13.0 Å². The van der Waals surface area contributed by atoms with Crippen LogP contribution in [0.1, 0.15) is 12.1 Å². The first kappa shape index (κ1) is 14.9. The van der Waals surface area contributed by atoms with E-state index in [0.717, 1.165) is 31.2 Å². The average molecular weight is 389 g/mol. The lowest BCUT2D eigenvalue weighted by atomic mass is 10.4. The Labute approximate surface area is 128 Å². The van der Waals surface area contributed by atoms with E-state index in [4.69, 9.17) is 23.2 Å². The third-order valence-corrected chi connectivity index (χ3v) is 3.39. The molecule has 0 unspecified atom stereocenters. The number of nitrogens with one attached hydrogen (secondary N) is 2. The van der Waals surface area contributed by atoms with Gasteiger partial charge in [0.15, 0.2) is 5.96 Å².